The average Bonchev–Trinajstić information content (AvgIpc) is 3.13. The van der Waals surface area contributed by atoms with Crippen molar-refractivity contribution in [3.63, 3.8) is 0 Å². The fraction of sp³-hybridized carbons (Fsp3) is 0.882. The van der Waals surface area contributed by atoms with Crippen LogP contribution in [0.1, 0.15) is 60.3 Å². The molecule has 1 saturated heterocycles. The molecule has 1 aliphatic heterocycles. The summed E-state index contributed by atoms with van der Waals surface area (Å²) >= 11 is 0. The van der Waals surface area contributed by atoms with Crippen LogP contribution < -0.4 is 5.32 Å². The Morgan fingerprint density at radius 3 is 2.50 bits per heavy atom. The van der Waals surface area contributed by atoms with Crippen LogP contribution in [0, 0.1) is 5.92 Å². The summed E-state index contributed by atoms with van der Waals surface area (Å²) in [7, 11) is 1.38. The maximum atomic E-state index is 12.1. The topological polar surface area (TPSA) is 80.2 Å². The minimum Gasteiger partial charge on any atom is -0.468 e. The largest absolute Gasteiger partial charge is 0.468 e. The standard InChI is InChI=1S/C17H30N2O5/c1-11(2)13(14(20)22-6)19-17(24-19)10-8-7-9-12(17)18-15(21)23-16(3,4)5/h11-13H,7-10H2,1-6H3,(H,18,21)/t12-,13+,17+,19?/m1/s1. The molecular weight excluding hydrogens is 312 g/mol. The second-order valence-corrected chi connectivity index (χ2v) is 7.92. The van der Waals surface area contributed by atoms with Gasteiger partial charge in [0.2, 0.25) is 0 Å². The summed E-state index contributed by atoms with van der Waals surface area (Å²) in [6, 6.07) is -0.678. The number of alkyl carbamates (subject to hydrolysis) is 1. The van der Waals surface area contributed by atoms with Gasteiger partial charge in [0.1, 0.15) is 11.6 Å². The van der Waals surface area contributed by atoms with E-state index in [9.17, 15) is 9.59 Å². The van der Waals surface area contributed by atoms with Gasteiger partial charge < -0.3 is 14.8 Å². The van der Waals surface area contributed by atoms with Crippen LogP contribution in [0.15, 0.2) is 0 Å². The number of hydrogen-bond acceptors (Lipinski definition) is 6. The number of amides is 1. The number of carbonyl (C=O) groups is 2. The lowest BCUT2D eigenvalue weighted by atomic mass is 9.87. The highest BCUT2D eigenvalue weighted by Crippen LogP contribution is 2.49. The molecule has 1 aliphatic carbocycles. The van der Waals surface area contributed by atoms with Gasteiger partial charge in [-0.3, -0.25) is 9.63 Å². The summed E-state index contributed by atoms with van der Waals surface area (Å²) in [5.41, 5.74) is -1.18. The molecule has 2 fully saturated rings. The van der Waals surface area contributed by atoms with Crippen molar-refractivity contribution in [3.05, 3.63) is 0 Å². The second-order valence-electron chi connectivity index (χ2n) is 7.92. The summed E-state index contributed by atoms with van der Waals surface area (Å²) in [6.45, 7) is 9.39. The van der Waals surface area contributed by atoms with E-state index in [1.807, 2.05) is 34.6 Å². The highest BCUT2D eigenvalue weighted by Gasteiger charge is 2.66. The first-order valence-electron chi connectivity index (χ1n) is 8.66. The lowest BCUT2D eigenvalue weighted by Crippen LogP contribution is -2.53. The van der Waals surface area contributed by atoms with Crippen LogP contribution in [0.25, 0.3) is 0 Å². The van der Waals surface area contributed by atoms with Gasteiger partial charge in [-0.25, -0.2) is 4.79 Å². The SMILES string of the molecule is COC(=O)[C@H](C(C)C)N1O[C@]12CCCC[C@H]2NC(=O)OC(C)(C)C. The predicted octanol–water partition coefficient (Wildman–Crippen LogP) is 2.59. The van der Waals surface area contributed by atoms with Crippen molar-refractivity contribution < 1.29 is 23.9 Å². The molecule has 1 heterocycles. The Labute approximate surface area is 143 Å². The molecule has 1 spiro atoms. The van der Waals surface area contributed by atoms with Gasteiger partial charge in [0, 0.05) is 0 Å². The van der Waals surface area contributed by atoms with E-state index >= 15 is 0 Å². The Bertz CT molecular complexity index is 488. The Kier molecular flexibility index (Phi) is 5.44. The Morgan fingerprint density at radius 2 is 1.96 bits per heavy atom. The van der Waals surface area contributed by atoms with Gasteiger partial charge in [-0.15, -0.1) is 5.06 Å². The molecule has 2 rings (SSSR count). The molecule has 138 valence electrons. The van der Waals surface area contributed by atoms with Gasteiger partial charge in [0.05, 0.1) is 13.2 Å². The molecule has 7 nitrogen and oxygen atoms in total. The number of hydroxylamine groups is 2. The number of carbonyl (C=O) groups excluding carboxylic acids is 2. The van der Waals surface area contributed by atoms with E-state index in [1.165, 1.54) is 7.11 Å². The maximum Gasteiger partial charge on any atom is 0.408 e. The number of esters is 1. The summed E-state index contributed by atoms with van der Waals surface area (Å²) in [4.78, 5) is 30.2. The molecule has 2 aliphatic rings. The Balaban J connectivity index is 2.10. The van der Waals surface area contributed by atoms with Gasteiger partial charge in [-0.1, -0.05) is 20.3 Å². The minimum atomic E-state index is -0.627. The zero-order valence-corrected chi connectivity index (χ0v) is 15.5. The van der Waals surface area contributed by atoms with Crippen LogP contribution in [0.4, 0.5) is 4.79 Å². The molecule has 0 aromatic heterocycles. The number of rotatable bonds is 4. The van der Waals surface area contributed by atoms with E-state index in [2.05, 4.69) is 5.32 Å². The lowest BCUT2D eigenvalue weighted by Gasteiger charge is -2.31. The molecule has 0 aromatic carbocycles. The highest BCUT2D eigenvalue weighted by atomic mass is 16.9. The van der Waals surface area contributed by atoms with Gasteiger partial charge in [0.15, 0.2) is 5.72 Å². The normalized spacial score (nSPS) is 30.8. The van der Waals surface area contributed by atoms with Gasteiger partial charge in [0.25, 0.3) is 0 Å². The van der Waals surface area contributed by atoms with E-state index in [4.69, 9.17) is 14.3 Å². The van der Waals surface area contributed by atoms with Crippen LogP contribution in [0.2, 0.25) is 0 Å². The molecule has 1 amide bonds. The fourth-order valence-corrected chi connectivity index (χ4v) is 3.34. The third-order valence-corrected chi connectivity index (χ3v) is 4.44. The number of hydrogen-bond donors (Lipinski definition) is 1. The third kappa shape index (κ3) is 4.00. The average molecular weight is 342 g/mol. The van der Waals surface area contributed by atoms with Gasteiger partial charge >= 0.3 is 12.1 Å². The Morgan fingerprint density at radius 1 is 1.29 bits per heavy atom. The second kappa shape index (κ2) is 6.88. The minimum absolute atomic E-state index is 0.0425. The van der Waals surface area contributed by atoms with Crippen LogP contribution in [-0.2, 0) is 19.1 Å². The van der Waals surface area contributed by atoms with Crippen LogP contribution in [0.3, 0.4) is 0 Å². The monoisotopic (exact) mass is 342 g/mol. The van der Waals surface area contributed by atoms with Crippen LogP contribution in [0.5, 0.6) is 0 Å². The van der Waals surface area contributed by atoms with Crippen LogP contribution in [-0.4, -0.2) is 47.6 Å². The van der Waals surface area contributed by atoms with E-state index in [1.54, 1.807) is 5.06 Å². The summed E-state index contributed by atoms with van der Waals surface area (Å²) in [5.74, 6) is -0.274. The molecule has 1 saturated carbocycles. The molecule has 1 unspecified atom stereocenters. The van der Waals surface area contributed by atoms with Crippen molar-refractivity contribution in [1.82, 2.24) is 10.4 Å². The smallest absolute Gasteiger partial charge is 0.408 e. The number of methoxy groups -OCH3 is 1. The molecule has 24 heavy (non-hydrogen) atoms. The first-order valence-corrected chi connectivity index (χ1v) is 8.66. The third-order valence-electron chi connectivity index (χ3n) is 4.44. The molecule has 7 heteroatoms. The van der Waals surface area contributed by atoms with E-state index < -0.39 is 23.5 Å². The quantitative estimate of drug-likeness (QED) is 0.625. The van der Waals surface area contributed by atoms with E-state index in [0.29, 0.717) is 0 Å². The first kappa shape index (κ1) is 19.0. The van der Waals surface area contributed by atoms with Gasteiger partial charge in [-0.2, -0.15) is 0 Å². The molecule has 0 aromatic rings. The first-order chi connectivity index (χ1) is 11.1. The maximum absolute atomic E-state index is 12.1. The molecule has 0 radical (unpaired) electrons. The summed E-state index contributed by atoms with van der Waals surface area (Å²) < 4.78 is 10.3. The zero-order chi connectivity index (χ0) is 18.1. The highest BCUT2D eigenvalue weighted by molar-refractivity contribution is 5.76. The molecule has 4 atom stereocenters. The Hall–Kier alpha value is -1.34. The van der Waals surface area contributed by atoms with E-state index in [-0.39, 0.29) is 17.9 Å². The van der Waals surface area contributed by atoms with E-state index in [0.717, 1.165) is 25.7 Å². The number of ether oxygens (including phenoxy) is 2. The predicted molar refractivity (Wildman–Crippen MR) is 87.9 cm³/mol. The number of nitrogens with zero attached hydrogens (tertiary/aromatic N) is 1. The van der Waals surface area contributed by atoms with Crippen LogP contribution >= 0.6 is 0 Å². The molecular formula is C17H30N2O5. The molecule has 0 bridgehead atoms. The summed E-state index contributed by atoms with van der Waals surface area (Å²) in [6.07, 6.45) is 3.11. The fourth-order valence-electron chi connectivity index (χ4n) is 3.34. The number of nitrogens with one attached hydrogen (secondary N) is 1. The van der Waals surface area contributed by atoms with Gasteiger partial charge in [-0.05, 0) is 46.0 Å². The molecule has 1 N–H and O–H groups in total. The van der Waals surface area contributed by atoms with Crippen molar-refractivity contribution in [2.24, 2.45) is 5.92 Å². The van der Waals surface area contributed by atoms with Crippen molar-refractivity contribution >= 4 is 12.1 Å². The van der Waals surface area contributed by atoms with Crippen molar-refractivity contribution in [3.8, 4) is 0 Å². The zero-order valence-electron chi connectivity index (χ0n) is 15.5. The van der Waals surface area contributed by atoms with Crippen molar-refractivity contribution in [1.29, 1.82) is 0 Å². The van der Waals surface area contributed by atoms with Crippen molar-refractivity contribution in [2.75, 3.05) is 7.11 Å². The summed E-state index contributed by atoms with van der Waals surface area (Å²) in [5, 5.41) is 4.64. The lowest BCUT2D eigenvalue weighted by molar-refractivity contribution is -0.149. The van der Waals surface area contributed by atoms with Crippen molar-refractivity contribution in [2.45, 2.75) is 83.7 Å².